The van der Waals surface area contributed by atoms with Crippen LogP contribution in [0.5, 0.6) is 0 Å². The van der Waals surface area contributed by atoms with Crippen LogP contribution in [0.4, 0.5) is 5.69 Å². The molecule has 0 aliphatic rings. The summed E-state index contributed by atoms with van der Waals surface area (Å²) in [6.07, 6.45) is 0. The predicted octanol–water partition coefficient (Wildman–Crippen LogP) is 3.09. The molecule has 0 fully saturated rings. The van der Waals surface area contributed by atoms with E-state index in [9.17, 15) is 4.79 Å². The second-order valence-corrected chi connectivity index (χ2v) is 4.42. The summed E-state index contributed by atoms with van der Waals surface area (Å²) in [4.78, 5) is 11.6. The number of hydrogen-bond donors (Lipinski definition) is 1. The van der Waals surface area contributed by atoms with Gasteiger partial charge in [-0.25, -0.2) is 4.79 Å². The van der Waals surface area contributed by atoms with Crippen LogP contribution in [-0.4, -0.2) is 18.1 Å². The van der Waals surface area contributed by atoms with E-state index in [0.29, 0.717) is 11.6 Å². The molecule has 1 rings (SSSR count). The van der Waals surface area contributed by atoms with Gasteiger partial charge in [0.25, 0.3) is 0 Å². The van der Waals surface area contributed by atoms with E-state index < -0.39 is 5.54 Å². The van der Waals surface area contributed by atoms with Crippen molar-refractivity contribution in [1.82, 2.24) is 0 Å². The number of halogens is 1. The number of ether oxygens (including phenoxy) is 1. The molecular weight excluding hydrogens is 226 g/mol. The first-order valence-corrected chi connectivity index (χ1v) is 5.54. The highest BCUT2D eigenvalue weighted by molar-refractivity contribution is 6.30. The smallest absolute Gasteiger partial charge is 0.331 e. The van der Waals surface area contributed by atoms with Gasteiger partial charge >= 0.3 is 5.97 Å². The molecule has 1 aromatic carbocycles. The molecule has 1 aromatic rings. The Balaban J connectivity index is 2.75. The highest BCUT2D eigenvalue weighted by Crippen LogP contribution is 2.20. The molecule has 3 nitrogen and oxygen atoms in total. The molecule has 88 valence electrons. The maximum atomic E-state index is 11.6. The van der Waals surface area contributed by atoms with Crippen LogP contribution in [0.15, 0.2) is 24.3 Å². The van der Waals surface area contributed by atoms with Gasteiger partial charge in [0.1, 0.15) is 5.54 Å². The minimum atomic E-state index is -0.763. The summed E-state index contributed by atoms with van der Waals surface area (Å²) >= 11 is 5.86. The zero-order valence-electron chi connectivity index (χ0n) is 9.71. The van der Waals surface area contributed by atoms with E-state index in [0.717, 1.165) is 5.69 Å². The first-order chi connectivity index (χ1) is 7.45. The van der Waals surface area contributed by atoms with E-state index in [4.69, 9.17) is 16.3 Å². The van der Waals surface area contributed by atoms with Crippen LogP contribution < -0.4 is 5.32 Å². The molecule has 0 heterocycles. The van der Waals surface area contributed by atoms with E-state index in [-0.39, 0.29) is 5.97 Å². The van der Waals surface area contributed by atoms with Gasteiger partial charge < -0.3 is 10.1 Å². The molecule has 0 saturated carbocycles. The van der Waals surface area contributed by atoms with Gasteiger partial charge in [0.2, 0.25) is 0 Å². The number of nitrogens with one attached hydrogen (secondary N) is 1. The number of carbonyl (C=O) groups excluding carboxylic acids is 1. The van der Waals surface area contributed by atoms with Crippen molar-refractivity contribution in [3.05, 3.63) is 29.3 Å². The Hall–Kier alpha value is -1.22. The summed E-state index contributed by atoms with van der Waals surface area (Å²) in [5.41, 5.74) is 0.0336. The molecule has 0 aliphatic heterocycles. The van der Waals surface area contributed by atoms with Gasteiger partial charge in [-0.2, -0.15) is 0 Å². The SMILES string of the molecule is CCOC(=O)C(C)(C)Nc1cccc(Cl)c1. The number of esters is 1. The lowest BCUT2D eigenvalue weighted by Crippen LogP contribution is -2.41. The largest absolute Gasteiger partial charge is 0.464 e. The maximum Gasteiger partial charge on any atom is 0.331 e. The molecule has 0 atom stereocenters. The monoisotopic (exact) mass is 241 g/mol. The van der Waals surface area contributed by atoms with Gasteiger partial charge in [-0.05, 0) is 39.0 Å². The summed E-state index contributed by atoms with van der Waals surface area (Å²) < 4.78 is 4.97. The van der Waals surface area contributed by atoms with Crippen LogP contribution in [0.3, 0.4) is 0 Å². The zero-order chi connectivity index (χ0) is 12.2. The summed E-state index contributed by atoms with van der Waals surface area (Å²) in [7, 11) is 0. The van der Waals surface area contributed by atoms with Gasteiger partial charge in [-0.1, -0.05) is 17.7 Å². The Morgan fingerprint density at radius 3 is 2.75 bits per heavy atom. The normalized spacial score (nSPS) is 11.0. The summed E-state index contributed by atoms with van der Waals surface area (Å²) in [5.74, 6) is -0.282. The molecule has 16 heavy (non-hydrogen) atoms. The third-order valence-electron chi connectivity index (χ3n) is 2.07. The second-order valence-electron chi connectivity index (χ2n) is 3.98. The predicted molar refractivity (Wildman–Crippen MR) is 65.8 cm³/mol. The molecular formula is C12H16ClNO2. The molecule has 1 N–H and O–H groups in total. The topological polar surface area (TPSA) is 38.3 Å². The van der Waals surface area contributed by atoms with Gasteiger partial charge in [0.05, 0.1) is 6.61 Å². The standard InChI is InChI=1S/C12H16ClNO2/c1-4-16-11(15)12(2,3)14-10-7-5-6-9(13)8-10/h5-8,14H,4H2,1-3H3. The van der Waals surface area contributed by atoms with Crippen LogP contribution >= 0.6 is 11.6 Å². The molecule has 0 saturated heterocycles. The molecule has 0 radical (unpaired) electrons. The summed E-state index contributed by atoms with van der Waals surface area (Å²) in [6.45, 7) is 5.70. The molecule has 0 spiro atoms. The van der Waals surface area contributed by atoms with E-state index in [1.807, 2.05) is 12.1 Å². The van der Waals surface area contributed by atoms with Gasteiger partial charge in [0.15, 0.2) is 0 Å². The quantitative estimate of drug-likeness (QED) is 0.824. The van der Waals surface area contributed by atoms with Crippen molar-refractivity contribution < 1.29 is 9.53 Å². The van der Waals surface area contributed by atoms with E-state index in [1.54, 1.807) is 32.9 Å². The van der Waals surface area contributed by atoms with E-state index >= 15 is 0 Å². The van der Waals surface area contributed by atoms with Crippen molar-refractivity contribution in [1.29, 1.82) is 0 Å². The minimum Gasteiger partial charge on any atom is -0.464 e. The number of anilines is 1. The van der Waals surface area contributed by atoms with Crippen molar-refractivity contribution in [2.24, 2.45) is 0 Å². The van der Waals surface area contributed by atoms with Crippen molar-refractivity contribution in [2.75, 3.05) is 11.9 Å². The maximum absolute atomic E-state index is 11.6. The average Bonchev–Trinajstić information content (AvgIpc) is 2.17. The van der Waals surface area contributed by atoms with Crippen LogP contribution in [-0.2, 0) is 9.53 Å². The first kappa shape index (κ1) is 12.8. The van der Waals surface area contributed by atoms with E-state index in [2.05, 4.69) is 5.32 Å². The number of hydrogen-bond acceptors (Lipinski definition) is 3. The van der Waals surface area contributed by atoms with Gasteiger partial charge in [-0.15, -0.1) is 0 Å². The number of rotatable bonds is 4. The molecule has 0 amide bonds. The lowest BCUT2D eigenvalue weighted by atomic mass is 10.1. The highest BCUT2D eigenvalue weighted by Gasteiger charge is 2.28. The van der Waals surface area contributed by atoms with Crippen molar-refractivity contribution in [3.8, 4) is 0 Å². The van der Waals surface area contributed by atoms with Crippen LogP contribution in [0, 0.1) is 0 Å². The van der Waals surface area contributed by atoms with Crippen molar-refractivity contribution >= 4 is 23.3 Å². The van der Waals surface area contributed by atoms with Gasteiger partial charge in [0, 0.05) is 10.7 Å². The number of benzene rings is 1. The Morgan fingerprint density at radius 2 is 2.19 bits per heavy atom. The molecule has 0 aliphatic carbocycles. The van der Waals surface area contributed by atoms with Gasteiger partial charge in [-0.3, -0.25) is 0 Å². The van der Waals surface area contributed by atoms with Crippen LogP contribution in [0.2, 0.25) is 5.02 Å². The molecule has 4 heteroatoms. The highest BCUT2D eigenvalue weighted by atomic mass is 35.5. The number of carbonyl (C=O) groups is 1. The first-order valence-electron chi connectivity index (χ1n) is 5.16. The fourth-order valence-electron chi connectivity index (χ4n) is 1.29. The Kier molecular flexibility index (Phi) is 4.19. The van der Waals surface area contributed by atoms with Crippen LogP contribution in [0.1, 0.15) is 20.8 Å². The third-order valence-corrected chi connectivity index (χ3v) is 2.30. The van der Waals surface area contributed by atoms with Crippen molar-refractivity contribution in [3.63, 3.8) is 0 Å². The van der Waals surface area contributed by atoms with E-state index in [1.165, 1.54) is 0 Å². The molecule has 0 unspecified atom stereocenters. The molecule has 0 aromatic heterocycles. The lowest BCUT2D eigenvalue weighted by molar-refractivity contribution is -0.147. The zero-order valence-corrected chi connectivity index (χ0v) is 10.5. The third kappa shape index (κ3) is 3.42. The summed E-state index contributed by atoms with van der Waals surface area (Å²) in [5, 5.41) is 3.71. The molecule has 0 bridgehead atoms. The minimum absolute atomic E-state index is 0.282. The van der Waals surface area contributed by atoms with Crippen LogP contribution in [0.25, 0.3) is 0 Å². The summed E-state index contributed by atoms with van der Waals surface area (Å²) in [6, 6.07) is 7.23. The Bertz CT molecular complexity index is 377. The Morgan fingerprint density at radius 1 is 1.50 bits per heavy atom. The Labute approximate surface area is 101 Å². The fraction of sp³-hybridized carbons (Fsp3) is 0.417. The lowest BCUT2D eigenvalue weighted by Gasteiger charge is -2.25. The second kappa shape index (κ2) is 5.21. The fourth-order valence-corrected chi connectivity index (χ4v) is 1.48. The average molecular weight is 242 g/mol. The van der Waals surface area contributed by atoms with Crippen molar-refractivity contribution in [2.45, 2.75) is 26.3 Å².